The minimum atomic E-state index is -0.0322. The Morgan fingerprint density at radius 2 is 1.86 bits per heavy atom. The Bertz CT molecular complexity index is 558. The molecule has 0 radical (unpaired) electrons. The van der Waals surface area contributed by atoms with Gasteiger partial charge in [0.15, 0.2) is 0 Å². The lowest BCUT2D eigenvalue weighted by molar-refractivity contribution is -0.131. The van der Waals surface area contributed by atoms with Crippen molar-refractivity contribution in [3.05, 3.63) is 23.5 Å². The minimum absolute atomic E-state index is 0.0322. The summed E-state index contributed by atoms with van der Waals surface area (Å²) in [6.07, 6.45) is 11.6. The van der Waals surface area contributed by atoms with Crippen LogP contribution in [-0.4, -0.2) is 10.9 Å². The number of carbonyl (C=O) groups is 1. The number of hydrogen-bond acceptors (Lipinski definition) is 2. The van der Waals surface area contributed by atoms with Crippen molar-refractivity contribution in [2.45, 2.75) is 58.8 Å². The van der Waals surface area contributed by atoms with Gasteiger partial charge in [0, 0.05) is 18.3 Å². The molecule has 0 aromatic heterocycles. The molecule has 4 rings (SSSR count). The van der Waals surface area contributed by atoms with Crippen molar-refractivity contribution in [1.29, 1.82) is 0 Å². The molecule has 2 fully saturated rings. The smallest absolute Gasteiger partial charge is 0.139 e. The highest BCUT2D eigenvalue weighted by atomic mass is 16.3. The normalized spacial score (nSPS) is 48.9. The molecule has 2 nitrogen and oxygen atoms in total. The van der Waals surface area contributed by atoms with E-state index in [1.807, 2.05) is 6.08 Å². The maximum atomic E-state index is 12.4. The standard InChI is InChI=1S/C19H26O2/c1-18-9-7-13(20)11-12(18)3-4-14-15-5-6-17(21)19(15,2)10-8-16(14)18/h3,11,14-16,20H,4-10H2,1-2H3/t14?,15?,16?,18-,19-/m0/s1. The lowest BCUT2D eigenvalue weighted by Crippen LogP contribution is -2.49. The number of aliphatic hydroxyl groups is 1. The topological polar surface area (TPSA) is 37.3 Å². The maximum Gasteiger partial charge on any atom is 0.139 e. The lowest BCUT2D eigenvalue weighted by atomic mass is 9.49. The molecule has 0 heterocycles. The number of allylic oxidation sites excluding steroid dienone is 4. The first-order valence-electron chi connectivity index (χ1n) is 8.58. The number of rotatable bonds is 0. The molecule has 2 saturated carbocycles. The zero-order chi connectivity index (χ0) is 14.8. The number of aliphatic hydroxyl groups excluding tert-OH is 1. The molecule has 3 unspecified atom stereocenters. The van der Waals surface area contributed by atoms with E-state index in [0.29, 0.717) is 29.3 Å². The average Bonchev–Trinajstić information content (AvgIpc) is 2.76. The van der Waals surface area contributed by atoms with E-state index in [1.165, 1.54) is 12.0 Å². The fourth-order valence-corrected chi connectivity index (χ4v) is 6.08. The third-order valence-corrected chi connectivity index (χ3v) is 7.46. The number of Topliss-reactive ketones (excluding diaryl/α,β-unsaturated/α-hetero) is 1. The molecule has 2 heteroatoms. The van der Waals surface area contributed by atoms with Gasteiger partial charge in [-0.15, -0.1) is 0 Å². The van der Waals surface area contributed by atoms with E-state index >= 15 is 0 Å². The van der Waals surface area contributed by atoms with Gasteiger partial charge in [0.25, 0.3) is 0 Å². The van der Waals surface area contributed by atoms with Crippen molar-refractivity contribution >= 4 is 5.78 Å². The molecule has 1 N–H and O–H groups in total. The molecule has 0 spiro atoms. The van der Waals surface area contributed by atoms with E-state index in [0.717, 1.165) is 38.5 Å². The van der Waals surface area contributed by atoms with Crippen molar-refractivity contribution < 1.29 is 9.90 Å². The Morgan fingerprint density at radius 1 is 1.10 bits per heavy atom. The van der Waals surface area contributed by atoms with Crippen molar-refractivity contribution in [2.24, 2.45) is 28.6 Å². The van der Waals surface area contributed by atoms with Gasteiger partial charge < -0.3 is 5.11 Å². The summed E-state index contributed by atoms with van der Waals surface area (Å²) in [6, 6.07) is 0. The third-order valence-electron chi connectivity index (χ3n) is 7.46. The van der Waals surface area contributed by atoms with Crippen molar-refractivity contribution in [3.8, 4) is 0 Å². The highest BCUT2D eigenvalue weighted by Gasteiger charge is 2.58. The third kappa shape index (κ3) is 1.68. The Balaban J connectivity index is 1.73. The molecule has 4 aliphatic carbocycles. The van der Waals surface area contributed by atoms with Crippen molar-refractivity contribution in [1.82, 2.24) is 0 Å². The summed E-state index contributed by atoms with van der Waals surface area (Å²) in [5.41, 5.74) is 1.55. The van der Waals surface area contributed by atoms with Crippen LogP contribution < -0.4 is 0 Å². The van der Waals surface area contributed by atoms with Gasteiger partial charge >= 0.3 is 0 Å². The van der Waals surface area contributed by atoms with E-state index in [1.54, 1.807) is 0 Å². The van der Waals surface area contributed by atoms with Crippen LogP contribution >= 0.6 is 0 Å². The predicted molar refractivity (Wildman–Crippen MR) is 82.8 cm³/mol. The predicted octanol–water partition coefficient (Wildman–Crippen LogP) is 4.57. The van der Waals surface area contributed by atoms with Crippen LogP contribution in [0.3, 0.4) is 0 Å². The Labute approximate surface area is 127 Å². The van der Waals surface area contributed by atoms with E-state index in [2.05, 4.69) is 19.9 Å². The van der Waals surface area contributed by atoms with Crippen molar-refractivity contribution in [3.63, 3.8) is 0 Å². The van der Waals surface area contributed by atoms with E-state index in [-0.39, 0.29) is 10.8 Å². The first-order valence-corrected chi connectivity index (χ1v) is 8.58. The van der Waals surface area contributed by atoms with E-state index < -0.39 is 0 Å². The number of fused-ring (bicyclic) bond motifs is 5. The second kappa shape index (κ2) is 4.24. The molecule has 5 atom stereocenters. The average molecular weight is 286 g/mol. The summed E-state index contributed by atoms with van der Waals surface area (Å²) in [6.45, 7) is 4.63. The number of ketones is 1. The summed E-state index contributed by atoms with van der Waals surface area (Å²) in [5.74, 6) is 3.04. The highest BCUT2D eigenvalue weighted by molar-refractivity contribution is 5.87. The number of hydrogen-bond donors (Lipinski definition) is 1. The van der Waals surface area contributed by atoms with Crippen LogP contribution in [0.4, 0.5) is 0 Å². The molecule has 0 aromatic rings. The Hall–Kier alpha value is -1.05. The SMILES string of the molecule is C[C@]12CCC(O)=CC1=CCC1C2CC[C@]2(C)C(=O)CCC12. The van der Waals surface area contributed by atoms with Crippen LogP contribution in [0.2, 0.25) is 0 Å². The summed E-state index contributed by atoms with van der Waals surface area (Å²) in [4.78, 5) is 12.4. The van der Waals surface area contributed by atoms with Crippen LogP contribution in [0, 0.1) is 28.6 Å². The molecular weight excluding hydrogens is 260 g/mol. The van der Waals surface area contributed by atoms with Gasteiger partial charge in [-0.25, -0.2) is 0 Å². The van der Waals surface area contributed by atoms with Gasteiger partial charge in [0.1, 0.15) is 5.78 Å². The zero-order valence-corrected chi connectivity index (χ0v) is 13.2. The van der Waals surface area contributed by atoms with Gasteiger partial charge in [-0.2, -0.15) is 0 Å². The Morgan fingerprint density at radius 3 is 2.67 bits per heavy atom. The van der Waals surface area contributed by atoms with Gasteiger partial charge in [-0.1, -0.05) is 19.9 Å². The van der Waals surface area contributed by atoms with Crippen LogP contribution in [0.1, 0.15) is 58.8 Å². The van der Waals surface area contributed by atoms with Crippen LogP contribution in [0.15, 0.2) is 23.5 Å². The molecule has 0 bridgehead atoms. The second-order valence-electron chi connectivity index (χ2n) is 8.24. The van der Waals surface area contributed by atoms with Gasteiger partial charge in [0.2, 0.25) is 0 Å². The molecule has 114 valence electrons. The molecular formula is C19H26O2. The van der Waals surface area contributed by atoms with Crippen LogP contribution in [0.5, 0.6) is 0 Å². The molecule has 0 saturated heterocycles. The molecule has 21 heavy (non-hydrogen) atoms. The van der Waals surface area contributed by atoms with E-state index in [9.17, 15) is 9.90 Å². The first kappa shape index (κ1) is 13.6. The molecule has 0 amide bonds. The second-order valence-corrected chi connectivity index (χ2v) is 8.24. The summed E-state index contributed by atoms with van der Waals surface area (Å²) in [7, 11) is 0. The van der Waals surface area contributed by atoms with Crippen molar-refractivity contribution in [2.75, 3.05) is 0 Å². The molecule has 0 aromatic carbocycles. The van der Waals surface area contributed by atoms with E-state index in [4.69, 9.17) is 0 Å². The highest BCUT2D eigenvalue weighted by Crippen LogP contribution is 2.63. The van der Waals surface area contributed by atoms with Crippen LogP contribution in [0.25, 0.3) is 0 Å². The quantitative estimate of drug-likeness (QED) is 0.708. The van der Waals surface area contributed by atoms with Gasteiger partial charge in [-0.05, 0) is 66.9 Å². The summed E-state index contributed by atoms with van der Waals surface area (Å²) >= 11 is 0. The molecule has 4 aliphatic rings. The van der Waals surface area contributed by atoms with Gasteiger partial charge in [-0.3, -0.25) is 4.79 Å². The monoisotopic (exact) mass is 286 g/mol. The minimum Gasteiger partial charge on any atom is -0.512 e. The Kier molecular flexibility index (Phi) is 2.75. The largest absolute Gasteiger partial charge is 0.512 e. The molecule has 0 aliphatic heterocycles. The lowest BCUT2D eigenvalue weighted by Gasteiger charge is -2.55. The van der Waals surface area contributed by atoms with Crippen LogP contribution in [-0.2, 0) is 4.79 Å². The first-order chi connectivity index (χ1) is 9.95. The summed E-state index contributed by atoms with van der Waals surface area (Å²) < 4.78 is 0. The summed E-state index contributed by atoms with van der Waals surface area (Å²) in [5, 5.41) is 9.86. The zero-order valence-electron chi connectivity index (χ0n) is 13.2. The van der Waals surface area contributed by atoms with Gasteiger partial charge in [0.05, 0.1) is 5.76 Å². The number of carbonyl (C=O) groups excluding carboxylic acids is 1. The fourth-order valence-electron chi connectivity index (χ4n) is 6.08. The fraction of sp³-hybridized carbons (Fsp3) is 0.737. The maximum absolute atomic E-state index is 12.4.